The second-order valence-corrected chi connectivity index (χ2v) is 5.93. The normalized spacial score (nSPS) is 12.6. The van der Waals surface area contributed by atoms with Crippen LogP contribution in [0.25, 0.3) is 0 Å². The highest BCUT2D eigenvalue weighted by atomic mass is 32.2. The molecule has 1 rings (SSSR count). The number of ether oxygens (including phenoxy) is 1. The molecule has 0 bridgehead atoms. The summed E-state index contributed by atoms with van der Waals surface area (Å²) < 4.78 is 5.31. The predicted octanol–water partition coefficient (Wildman–Crippen LogP) is 3.49. The topological polar surface area (TPSA) is 21.3 Å². The van der Waals surface area contributed by atoms with E-state index in [4.69, 9.17) is 4.74 Å². The van der Waals surface area contributed by atoms with Crippen LogP contribution in [0.3, 0.4) is 0 Å². The van der Waals surface area contributed by atoms with Gasteiger partial charge in [-0.05, 0) is 38.4 Å². The number of hydrogen-bond donors (Lipinski definition) is 1. The van der Waals surface area contributed by atoms with E-state index in [1.165, 1.54) is 10.5 Å². The van der Waals surface area contributed by atoms with E-state index in [-0.39, 0.29) is 0 Å². The minimum atomic E-state index is 0.596. The van der Waals surface area contributed by atoms with Crippen LogP contribution in [0.5, 0.6) is 0 Å². The zero-order chi connectivity index (χ0) is 13.2. The third-order valence-electron chi connectivity index (χ3n) is 2.70. The summed E-state index contributed by atoms with van der Waals surface area (Å²) in [4.78, 5) is 1.39. The van der Waals surface area contributed by atoms with Crippen molar-refractivity contribution in [3.05, 3.63) is 29.8 Å². The second kappa shape index (κ2) is 9.42. The van der Waals surface area contributed by atoms with Crippen LogP contribution in [-0.4, -0.2) is 31.6 Å². The molecule has 0 saturated carbocycles. The highest BCUT2D eigenvalue weighted by Gasteiger charge is 2.05. The minimum absolute atomic E-state index is 0.596. The molecule has 1 unspecified atom stereocenters. The summed E-state index contributed by atoms with van der Waals surface area (Å²) in [6.07, 6.45) is 1.09. The van der Waals surface area contributed by atoms with Gasteiger partial charge in [-0.3, -0.25) is 0 Å². The Hall–Kier alpha value is -0.510. The first-order valence-corrected chi connectivity index (χ1v) is 7.62. The molecule has 0 spiro atoms. The van der Waals surface area contributed by atoms with Crippen LogP contribution in [0.4, 0.5) is 0 Å². The maximum Gasteiger partial charge on any atom is 0.0477 e. The van der Waals surface area contributed by atoms with E-state index in [0.717, 1.165) is 32.7 Å². The first kappa shape index (κ1) is 15.5. The Morgan fingerprint density at radius 3 is 2.83 bits per heavy atom. The molecule has 2 nitrogen and oxygen atoms in total. The smallest absolute Gasteiger partial charge is 0.0477 e. The molecule has 0 aliphatic heterocycles. The average molecular weight is 267 g/mol. The standard InChI is InChI=1S/C15H25NOS/c1-4-17-11-7-10-16-12-14(3)18-15-9-6-5-8-13(15)2/h5-6,8-9,14,16H,4,7,10-12H2,1-3H3. The van der Waals surface area contributed by atoms with Crippen molar-refractivity contribution >= 4 is 11.8 Å². The maximum absolute atomic E-state index is 5.31. The van der Waals surface area contributed by atoms with E-state index in [0.29, 0.717) is 5.25 Å². The van der Waals surface area contributed by atoms with Crippen molar-refractivity contribution in [2.45, 2.75) is 37.3 Å². The van der Waals surface area contributed by atoms with Gasteiger partial charge in [0.1, 0.15) is 0 Å². The number of hydrogen-bond acceptors (Lipinski definition) is 3. The fraction of sp³-hybridized carbons (Fsp3) is 0.600. The largest absolute Gasteiger partial charge is 0.382 e. The molecule has 0 saturated heterocycles. The molecule has 0 radical (unpaired) electrons. The Bertz CT molecular complexity index is 330. The molecule has 3 heteroatoms. The van der Waals surface area contributed by atoms with Crippen LogP contribution < -0.4 is 5.32 Å². The average Bonchev–Trinajstić information content (AvgIpc) is 2.36. The molecule has 0 aliphatic rings. The van der Waals surface area contributed by atoms with Gasteiger partial charge in [-0.15, -0.1) is 11.8 Å². The first-order chi connectivity index (χ1) is 8.74. The predicted molar refractivity (Wildman–Crippen MR) is 80.5 cm³/mol. The van der Waals surface area contributed by atoms with Crippen molar-refractivity contribution in [3.8, 4) is 0 Å². The number of thioether (sulfide) groups is 1. The van der Waals surface area contributed by atoms with E-state index < -0.39 is 0 Å². The van der Waals surface area contributed by atoms with Crippen LogP contribution in [0.15, 0.2) is 29.2 Å². The summed E-state index contributed by atoms with van der Waals surface area (Å²) in [7, 11) is 0. The fourth-order valence-corrected chi connectivity index (χ4v) is 2.74. The Balaban J connectivity index is 2.14. The lowest BCUT2D eigenvalue weighted by atomic mass is 10.2. The third kappa shape index (κ3) is 6.43. The van der Waals surface area contributed by atoms with E-state index in [1.807, 2.05) is 18.7 Å². The van der Waals surface area contributed by atoms with Crippen molar-refractivity contribution in [3.63, 3.8) is 0 Å². The SMILES string of the molecule is CCOCCCNCC(C)Sc1ccccc1C. The van der Waals surface area contributed by atoms with E-state index in [2.05, 4.69) is 43.4 Å². The minimum Gasteiger partial charge on any atom is -0.382 e. The van der Waals surface area contributed by atoms with Gasteiger partial charge in [-0.2, -0.15) is 0 Å². The summed E-state index contributed by atoms with van der Waals surface area (Å²) in [5, 5.41) is 4.08. The molecule has 18 heavy (non-hydrogen) atoms. The van der Waals surface area contributed by atoms with E-state index in [1.54, 1.807) is 0 Å². The summed E-state index contributed by atoms with van der Waals surface area (Å²) in [5.74, 6) is 0. The molecule has 102 valence electrons. The van der Waals surface area contributed by atoms with Crippen LogP contribution in [0, 0.1) is 6.92 Å². The quantitative estimate of drug-likeness (QED) is 0.546. The van der Waals surface area contributed by atoms with Gasteiger partial charge in [0.2, 0.25) is 0 Å². The second-order valence-electron chi connectivity index (χ2n) is 4.45. The Kier molecular flexibility index (Phi) is 8.14. The van der Waals surface area contributed by atoms with Crippen molar-refractivity contribution < 1.29 is 4.74 Å². The summed E-state index contributed by atoms with van der Waals surface area (Å²) >= 11 is 1.94. The number of nitrogens with one attached hydrogen (secondary N) is 1. The van der Waals surface area contributed by atoms with Gasteiger partial charge in [-0.1, -0.05) is 25.1 Å². The Labute approximate surface area is 116 Å². The van der Waals surface area contributed by atoms with Gasteiger partial charge in [0, 0.05) is 29.9 Å². The number of benzene rings is 1. The van der Waals surface area contributed by atoms with Crippen LogP contribution in [0.1, 0.15) is 25.8 Å². The molecule has 0 fully saturated rings. The van der Waals surface area contributed by atoms with Crippen molar-refractivity contribution in [1.29, 1.82) is 0 Å². The fourth-order valence-electron chi connectivity index (χ4n) is 1.70. The molecular formula is C15H25NOS. The molecule has 1 aromatic carbocycles. The monoisotopic (exact) mass is 267 g/mol. The lowest BCUT2D eigenvalue weighted by molar-refractivity contribution is 0.145. The van der Waals surface area contributed by atoms with Crippen molar-refractivity contribution in [2.75, 3.05) is 26.3 Å². The van der Waals surface area contributed by atoms with Crippen molar-refractivity contribution in [1.82, 2.24) is 5.32 Å². The number of aryl methyl sites for hydroxylation is 1. The van der Waals surface area contributed by atoms with Crippen molar-refractivity contribution in [2.24, 2.45) is 0 Å². The molecule has 0 heterocycles. The molecule has 1 atom stereocenters. The van der Waals surface area contributed by atoms with Gasteiger partial charge in [0.25, 0.3) is 0 Å². The highest BCUT2D eigenvalue weighted by Crippen LogP contribution is 2.25. The lowest BCUT2D eigenvalue weighted by Crippen LogP contribution is -2.24. The molecule has 0 aliphatic carbocycles. The molecule has 0 amide bonds. The van der Waals surface area contributed by atoms with Gasteiger partial charge < -0.3 is 10.1 Å². The van der Waals surface area contributed by atoms with Crippen LogP contribution in [0.2, 0.25) is 0 Å². The van der Waals surface area contributed by atoms with Crippen LogP contribution >= 0.6 is 11.8 Å². The molecule has 0 aromatic heterocycles. The van der Waals surface area contributed by atoms with Gasteiger partial charge in [0.15, 0.2) is 0 Å². The van der Waals surface area contributed by atoms with E-state index in [9.17, 15) is 0 Å². The Morgan fingerprint density at radius 2 is 2.11 bits per heavy atom. The first-order valence-electron chi connectivity index (χ1n) is 6.74. The zero-order valence-electron chi connectivity index (χ0n) is 11.7. The maximum atomic E-state index is 5.31. The molecule has 1 N–H and O–H groups in total. The highest BCUT2D eigenvalue weighted by molar-refractivity contribution is 8.00. The lowest BCUT2D eigenvalue weighted by Gasteiger charge is -2.13. The third-order valence-corrected chi connectivity index (χ3v) is 3.98. The van der Waals surface area contributed by atoms with Gasteiger partial charge in [0.05, 0.1) is 0 Å². The summed E-state index contributed by atoms with van der Waals surface area (Å²) in [5.41, 5.74) is 1.37. The van der Waals surface area contributed by atoms with Gasteiger partial charge >= 0.3 is 0 Å². The summed E-state index contributed by atoms with van der Waals surface area (Å²) in [6.45, 7) is 10.2. The zero-order valence-corrected chi connectivity index (χ0v) is 12.6. The van der Waals surface area contributed by atoms with E-state index >= 15 is 0 Å². The molecule has 1 aromatic rings. The van der Waals surface area contributed by atoms with Gasteiger partial charge in [-0.25, -0.2) is 0 Å². The molecular weight excluding hydrogens is 242 g/mol. The Morgan fingerprint density at radius 1 is 1.33 bits per heavy atom. The summed E-state index contributed by atoms with van der Waals surface area (Å²) in [6, 6.07) is 8.57. The number of rotatable bonds is 9. The van der Waals surface area contributed by atoms with Crippen LogP contribution in [-0.2, 0) is 4.74 Å².